The van der Waals surface area contributed by atoms with E-state index in [4.69, 9.17) is 21.1 Å². The van der Waals surface area contributed by atoms with Crippen LogP contribution in [-0.4, -0.2) is 65.7 Å². The minimum atomic E-state index is -0.582. The molecule has 0 atom stereocenters. The lowest BCUT2D eigenvalue weighted by Gasteiger charge is -2.46. The summed E-state index contributed by atoms with van der Waals surface area (Å²) in [5.41, 5.74) is 1.08. The van der Waals surface area contributed by atoms with Crippen LogP contribution in [0.15, 0.2) is 54.6 Å². The van der Waals surface area contributed by atoms with Crippen LogP contribution >= 0.6 is 11.6 Å². The molecule has 8 nitrogen and oxygen atoms in total. The van der Waals surface area contributed by atoms with E-state index in [1.165, 1.54) is 4.90 Å². The molecule has 39 heavy (non-hydrogen) atoms. The molecule has 1 aliphatic heterocycles. The molecular weight excluding hydrogens is 518 g/mol. The van der Waals surface area contributed by atoms with E-state index in [1.54, 1.807) is 0 Å². The van der Waals surface area contributed by atoms with Gasteiger partial charge in [-0.3, -0.25) is 9.69 Å². The van der Waals surface area contributed by atoms with E-state index in [1.807, 2.05) is 80.3 Å². The molecule has 3 amide bonds. The van der Waals surface area contributed by atoms with Crippen LogP contribution in [0.25, 0.3) is 0 Å². The van der Waals surface area contributed by atoms with Gasteiger partial charge in [-0.1, -0.05) is 54.1 Å². The summed E-state index contributed by atoms with van der Waals surface area (Å²) in [6, 6.07) is 17.3. The highest BCUT2D eigenvalue weighted by molar-refractivity contribution is 6.30. The van der Waals surface area contributed by atoms with Crippen LogP contribution in [0.3, 0.4) is 0 Å². The maximum atomic E-state index is 13.1. The Morgan fingerprint density at radius 2 is 1.77 bits per heavy atom. The summed E-state index contributed by atoms with van der Waals surface area (Å²) < 4.78 is 10.9. The molecule has 1 N–H and O–H groups in total. The van der Waals surface area contributed by atoms with Gasteiger partial charge in [0.05, 0.1) is 0 Å². The standard InChI is InChI=1S/C30H38ClN3O5/c1-29(2,3)39-27(36)32-21-30(23-10-7-11-24(31)18-23)14-12-25(13-15-30)34-17-16-33(19-26(34)35)28(37)38-20-22-8-5-4-6-9-22/h4-11,18,25H,12-17,19-21H2,1-3H3,(H,32,36). The molecular formula is C30H38ClN3O5. The number of halogens is 1. The van der Waals surface area contributed by atoms with Crippen molar-refractivity contribution in [3.63, 3.8) is 0 Å². The highest BCUT2D eigenvalue weighted by Crippen LogP contribution is 2.41. The van der Waals surface area contributed by atoms with Gasteiger partial charge in [-0.2, -0.15) is 0 Å². The van der Waals surface area contributed by atoms with Gasteiger partial charge in [0.1, 0.15) is 18.8 Å². The molecule has 2 aromatic carbocycles. The maximum absolute atomic E-state index is 13.1. The van der Waals surface area contributed by atoms with Crippen LogP contribution in [0.4, 0.5) is 9.59 Å². The molecule has 4 rings (SSSR count). The van der Waals surface area contributed by atoms with Gasteiger partial charge in [0.2, 0.25) is 5.91 Å². The summed E-state index contributed by atoms with van der Waals surface area (Å²) in [5, 5.41) is 3.62. The third kappa shape index (κ3) is 7.66. The fourth-order valence-electron chi connectivity index (χ4n) is 5.45. The van der Waals surface area contributed by atoms with Crippen molar-refractivity contribution in [3.8, 4) is 0 Å². The zero-order valence-corrected chi connectivity index (χ0v) is 23.7. The topological polar surface area (TPSA) is 88.2 Å². The molecule has 2 aromatic rings. The Labute approximate surface area is 235 Å². The molecule has 0 radical (unpaired) electrons. The lowest BCUT2D eigenvalue weighted by molar-refractivity contribution is -0.139. The summed E-state index contributed by atoms with van der Waals surface area (Å²) in [4.78, 5) is 41.5. The van der Waals surface area contributed by atoms with Crippen molar-refractivity contribution in [2.45, 2.75) is 70.1 Å². The molecule has 1 heterocycles. The molecule has 0 spiro atoms. The number of nitrogens with one attached hydrogen (secondary N) is 1. The van der Waals surface area contributed by atoms with Crippen molar-refractivity contribution in [3.05, 3.63) is 70.7 Å². The predicted octanol–water partition coefficient (Wildman–Crippen LogP) is 5.53. The Kier molecular flexibility index (Phi) is 9.05. The van der Waals surface area contributed by atoms with Gasteiger partial charge in [0, 0.05) is 36.1 Å². The van der Waals surface area contributed by atoms with Crippen molar-refractivity contribution in [2.75, 3.05) is 26.2 Å². The molecule has 2 fully saturated rings. The third-order valence-electron chi connectivity index (χ3n) is 7.48. The average Bonchev–Trinajstić information content (AvgIpc) is 2.90. The highest BCUT2D eigenvalue weighted by Gasteiger charge is 2.41. The zero-order valence-electron chi connectivity index (χ0n) is 23.0. The first-order chi connectivity index (χ1) is 18.5. The van der Waals surface area contributed by atoms with Crippen LogP contribution in [0.1, 0.15) is 57.6 Å². The van der Waals surface area contributed by atoms with Crippen LogP contribution in [-0.2, 0) is 26.3 Å². The molecule has 210 valence electrons. The summed E-state index contributed by atoms with van der Waals surface area (Å²) >= 11 is 6.33. The predicted molar refractivity (Wildman–Crippen MR) is 150 cm³/mol. The number of benzene rings is 2. The zero-order chi connectivity index (χ0) is 28.0. The quantitative estimate of drug-likeness (QED) is 0.506. The Balaban J connectivity index is 1.35. The summed E-state index contributed by atoms with van der Waals surface area (Å²) in [6.07, 6.45) is 2.21. The lowest BCUT2D eigenvalue weighted by Crippen LogP contribution is -2.57. The van der Waals surface area contributed by atoms with Crippen molar-refractivity contribution >= 4 is 29.7 Å². The van der Waals surface area contributed by atoms with E-state index in [9.17, 15) is 14.4 Å². The van der Waals surface area contributed by atoms with Crippen molar-refractivity contribution in [2.24, 2.45) is 0 Å². The summed E-state index contributed by atoms with van der Waals surface area (Å²) in [7, 11) is 0. The Bertz CT molecular complexity index is 1160. The van der Waals surface area contributed by atoms with Gasteiger partial charge in [0.25, 0.3) is 0 Å². The smallest absolute Gasteiger partial charge is 0.410 e. The van der Waals surface area contributed by atoms with Crippen LogP contribution in [0, 0.1) is 0 Å². The molecule has 0 unspecified atom stereocenters. The van der Waals surface area contributed by atoms with E-state index in [0.29, 0.717) is 24.7 Å². The van der Waals surface area contributed by atoms with E-state index in [0.717, 1.165) is 36.8 Å². The number of piperazine rings is 1. The number of ether oxygens (including phenoxy) is 2. The molecule has 1 saturated heterocycles. The lowest BCUT2D eigenvalue weighted by atomic mass is 9.67. The second-order valence-corrected chi connectivity index (χ2v) is 11.9. The maximum Gasteiger partial charge on any atom is 0.410 e. The first-order valence-electron chi connectivity index (χ1n) is 13.5. The van der Waals surface area contributed by atoms with Crippen LogP contribution in [0.2, 0.25) is 5.02 Å². The van der Waals surface area contributed by atoms with E-state index >= 15 is 0 Å². The van der Waals surface area contributed by atoms with Gasteiger partial charge in [-0.05, 0) is 69.7 Å². The number of hydrogen-bond donors (Lipinski definition) is 1. The van der Waals surface area contributed by atoms with Gasteiger partial charge in [0.15, 0.2) is 0 Å². The van der Waals surface area contributed by atoms with Gasteiger partial charge in [-0.15, -0.1) is 0 Å². The number of hydrogen-bond acceptors (Lipinski definition) is 5. The normalized spacial score (nSPS) is 21.8. The van der Waals surface area contributed by atoms with Crippen molar-refractivity contribution in [1.29, 1.82) is 0 Å². The first-order valence-corrected chi connectivity index (χ1v) is 13.9. The van der Waals surface area contributed by atoms with Crippen molar-refractivity contribution < 1.29 is 23.9 Å². The molecule has 0 aromatic heterocycles. The highest BCUT2D eigenvalue weighted by atomic mass is 35.5. The molecule has 9 heteroatoms. The first kappa shape index (κ1) is 28.7. The number of carbonyl (C=O) groups excluding carboxylic acids is 3. The third-order valence-corrected chi connectivity index (χ3v) is 7.72. The fraction of sp³-hybridized carbons (Fsp3) is 0.500. The van der Waals surface area contributed by atoms with E-state index in [-0.39, 0.29) is 30.5 Å². The van der Waals surface area contributed by atoms with Crippen molar-refractivity contribution in [1.82, 2.24) is 15.1 Å². The monoisotopic (exact) mass is 555 g/mol. The largest absolute Gasteiger partial charge is 0.445 e. The van der Waals surface area contributed by atoms with Crippen LogP contribution < -0.4 is 5.32 Å². The average molecular weight is 556 g/mol. The summed E-state index contributed by atoms with van der Waals surface area (Å²) in [6.45, 7) is 7.05. The minimum absolute atomic E-state index is 0.0176. The number of carbonyl (C=O) groups is 3. The second-order valence-electron chi connectivity index (χ2n) is 11.4. The molecule has 0 bridgehead atoms. The number of alkyl carbamates (subject to hydrolysis) is 1. The summed E-state index contributed by atoms with van der Waals surface area (Å²) in [5.74, 6) is -0.0648. The number of amides is 3. The van der Waals surface area contributed by atoms with E-state index in [2.05, 4.69) is 5.32 Å². The number of rotatable bonds is 6. The second kappa shape index (κ2) is 12.3. The van der Waals surface area contributed by atoms with Gasteiger partial charge >= 0.3 is 12.2 Å². The fourth-order valence-corrected chi connectivity index (χ4v) is 5.64. The molecule has 2 aliphatic rings. The minimum Gasteiger partial charge on any atom is -0.445 e. The van der Waals surface area contributed by atoms with Gasteiger partial charge in [-0.25, -0.2) is 9.59 Å². The van der Waals surface area contributed by atoms with Crippen LogP contribution in [0.5, 0.6) is 0 Å². The SMILES string of the molecule is CC(C)(C)OC(=O)NCC1(c2cccc(Cl)c2)CCC(N2CCN(C(=O)OCc3ccccc3)CC2=O)CC1. The Hall–Kier alpha value is -3.26. The number of nitrogens with zero attached hydrogens (tertiary/aromatic N) is 2. The molecule has 1 aliphatic carbocycles. The van der Waals surface area contributed by atoms with E-state index < -0.39 is 17.8 Å². The molecule has 1 saturated carbocycles. The van der Waals surface area contributed by atoms with Gasteiger partial charge < -0.3 is 19.7 Å². The Morgan fingerprint density at radius 3 is 2.41 bits per heavy atom. The Morgan fingerprint density at radius 1 is 1.05 bits per heavy atom.